The summed E-state index contributed by atoms with van der Waals surface area (Å²) >= 11 is 6.18. The molecule has 0 bridgehead atoms. The fourth-order valence-corrected chi connectivity index (χ4v) is 2.53. The molecule has 2 aromatic carbocycles. The lowest BCUT2D eigenvalue weighted by atomic mass is 10.1. The predicted octanol–water partition coefficient (Wildman–Crippen LogP) is 3.38. The largest absolute Gasteiger partial charge is 0.409 e. The molecule has 0 aliphatic rings. The van der Waals surface area contributed by atoms with Crippen LogP contribution in [0.3, 0.4) is 0 Å². The van der Waals surface area contributed by atoms with Gasteiger partial charge in [-0.25, -0.2) is 0 Å². The van der Waals surface area contributed by atoms with Crippen LogP contribution in [-0.2, 0) is 6.54 Å². The van der Waals surface area contributed by atoms with Crippen molar-refractivity contribution in [2.24, 2.45) is 10.9 Å². The van der Waals surface area contributed by atoms with Gasteiger partial charge in [-0.05, 0) is 30.2 Å². The number of hydrogen-bond donors (Lipinski definition) is 2. The summed E-state index contributed by atoms with van der Waals surface area (Å²) in [7, 11) is 1.95. The molecule has 5 heteroatoms. The molecule has 0 atom stereocenters. The molecule has 21 heavy (non-hydrogen) atoms. The van der Waals surface area contributed by atoms with Crippen LogP contribution in [0.4, 0.5) is 5.69 Å². The smallest absolute Gasteiger partial charge is 0.173 e. The molecule has 3 N–H and O–H groups in total. The molecule has 110 valence electrons. The quantitative estimate of drug-likeness (QED) is 0.394. The van der Waals surface area contributed by atoms with E-state index in [0.29, 0.717) is 17.1 Å². The first-order chi connectivity index (χ1) is 10.0. The Bertz CT molecular complexity index is 670. The summed E-state index contributed by atoms with van der Waals surface area (Å²) in [5.74, 6) is 0.00670. The summed E-state index contributed by atoms with van der Waals surface area (Å²) in [6, 6.07) is 13.7. The van der Waals surface area contributed by atoms with Gasteiger partial charge in [0.25, 0.3) is 0 Å². The third-order valence-electron chi connectivity index (χ3n) is 3.44. The molecule has 0 saturated carbocycles. The zero-order valence-electron chi connectivity index (χ0n) is 12.0. The Labute approximate surface area is 129 Å². The number of hydrogen-bond acceptors (Lipinski definition) is 3. The minimum absolute atomic E-state index is 0.00670. The van der Waals surface area contributed by atoms with E-state index in [9.17, 15) is 0 Å². The Morgan fingerprint density at radius 1 is 1.24 bits per heavy atom. The summed E-state index contributed by atoms with van der Waals surface area (Å²) in [5.41, 5.74) is 9.54. The van der Waals surface area contributed by atoms with Gasteiger partial charge < -0.3 is 15.8 Å². The van der Waals surface area contributed by atoms with Gasteiger partial charge in [0.2, 0.25) is 0 Å². The van der Waals surface area contributed by atoms with Crippen molar-refractivity contribution in [3.63, 3.8) is 0 Å². The SMILES string of the molecule is Cc1ccccc1CN(C)c1cccc(Cl)c1C(N)=NO. The Morgan fingerprint density at radius 3 is 2.62 bits per heavy atom. The predicted molar refractivity (Wildman–Crippen MR) is 87.2 cm³/mol. The molecule has 0 amide bonds. The van der Waals surface area contributed by atoms with E-state index in [1.165, 1.54) is 11.1 Å². The highest BCUT2D eigenvalue weighted by atomic mass is 35.5. The van der Waals surface area contributed by atoms with Crippen LogP contribution >= 0.6 is 11.6 Å². The second-order valence-corrected chi connectivity index (χ2v) is 5.31. The molecular formula is C16H18ClN3O. The Balaban J connectivity index is 2.38. The van der Waals surface area contributed by atoms with Gasteiger partial charge in [-0.1, -0.05) is 47.1 Å². The summed E-state index contributed by atoms with van der Waals surface area (Å²) in [6.07, 6.45) is 0. The highest BCUT2D eigenvalue weighted by molar-refractivity contribution is 6.34. The van der Waals surface area contributed by atoms with Crippen LogP contribution in [0.5, 0.6) is 0 Å². The van der Waals surface area contributed by atoms with Gasteiger partial charge in [-0.2, -0.15) is 0 Å². The van der Waals surface area contributed by atoms with Crippen molar-refractivity contribution in [1.82, 2.24) is 0 Å². The first kappa shape index (κ1) is 15.2. The first-order valence-electron chi connectivity index (χ1n) is 6.56. The van der Waals surface area contributed by atoms with E-state index in [4.69, 9.17) is 22.5 Å². The second-order valence-electron chi connectivity index (χ2n) is 4.90. The fraction of sp³-hybridized carbons (Fsp3) is 0.188. The van der Waals surface area contributed by atoms with E-state index >= 15 is 0 Å². The van der Waals surface area contributed by atoms with E-state index in [0.717, 1.165) is 5.69 Å². The molecule has 0 unspecified atom stereocenters. The number of nitrogens with two attached hydrogens (primary N) is 1. The minimum Gasteiger partial charge on any atom is -0.409 e. The van der Waals surface area contributed by atoms with Crippen LogP contribution < -0.4 is 10.6 Å². The number of halogens is 1. The van der Waals surface area contributed by atoms with E-state index in [1.807, 2.05) is 36.2 Å². The zero-order chi connectivity index (χ0) is 15.4. The van der Waals surface area contributed by atoms with E-state index < -0.39 is 0 Å². The van der Waals surface area contributed by atoms with Crippen molar-refractivity contribution < 1.29 is 5.21 Å². The summed E-state index contributed by atoms with van der Waals surface area (Å²) in [5, 5.41) is 12.5. The van der Waals surface area contributed by atoms with Crippen molar-refractivity contribution in [3.8, 4) is 0 Å². The first-order valence-corrected chi connectivity index (χ1v) is 6.94. The maximum Gasteiger partial charge on any atom is 0.173 e. The van der Waals surface area contributed by atoms with Crippen LogP contribution in [-0.4, -0.2) is 18.1 Å². The van der Waals surface area contributed by atoms with Gasteiger partial charge in [0.05, 0.1) is 10.6 Å². The topological polar surface area (TPSA) is 61.8 Å². The van der Waals surface area contributed by atoms with E-state index in [-0.39, 0.29) is 5.84 Å². The standard InChI is InChI=1S/C16H18ClN3O/c1-11-6-3-4-7-12(11)10-20(2)14-9-5-8-13(17)15(14)16(18)19-21/h3-9,21H,10H2,1-2H3,(H2,18,19). The van der Waals surface area contributed by atoms with Crippen LogP contribution in [0.2, 0.25) is 5.02 Å². The van der Waals surface area contributed by atoms with Crippen molar-refractivity contribution >= 4 is 23.1 Å². The number of nitrogens with zero attached hydrogens (tertiary/aromatic N) is 2. The third kappa shape index (κ3) is 3.28. The Kier molecular flexibility index (Phi) is 4.70. The number of anilines is 1. The van der Waals surface area contributed by atoms with Crippen LogP contribution in [0.15, 0.2) is 47.6 Å². The second kappa shape index (κ2) is 6.50. The highest BCUT2D eigenvalue weighted by Gasteiger charge is 2.15. The minimum atomic E-state index is 0.00670. The molecule has 0 spiro atoms. The molecule has 0 fully saturated rings. The lowest BCUT2D eigenvalue weighted by Gasteiger charge is -2.23. The molecule has 0 aliphatic heterocycles. The van der Waals surface area contributed by atoms with Crippen LogP contribution in [0.25, 0.3) is 0 Å². The van der Waals surface area contributed by atoms with Crippen LogP contribution in [0.1, 0.15) is 16.7 Å². The summed E-state index contributed by atoms with van der Waals surface area (Å²) < 4.78 is 0. The molecule has 0 aromatic heterocycles. The van der Waals surface area contributed by atoms with Gasteiger partial charge in [-0.15, -0.1) is 0 Å². The van der Waals surface area contributed by atoms with Crippen molar-refractivity contribution in [1.29, 1.82) is 0 Å². The molecule has 4 nitrogen and oxygen atoms in total. The molecule has 0 radical (unpaired) electrons. The van der Waals surface area contributed by atoms with Gasteiger partial charge in [0.1, 0.15) is 0 Å². The third-order valence-corrected chi connectivity index (χ3v) is 3.75. The number of aryl methyl sites for hydroxylation is 1. The normalized spacial score (nSPS) is 11.5. The molecule has 2 rings (SSSR count). The summed E-state index contributed by atoms with van der Waals surface area (Å²) in [4.78, 5) is 2.03. The highest BCUT2D eigenvalue weighted by Crippen LogP contribution is 2.28. The van der Waals surface area contributed by atoms with Crippen molar-refractivity contribution in [2.45, 2.75) is 13.5 Å². The van der Waals surface area contributed by atoms with Crippen LogP contribution in [0, 0.1) is 6.92 Å². The maximum absolute atomic E-state index is 8.94. The maximum atomic E-state index is 8.94. The molecule has 2 aromatic rings. The van der Waals surface area contributed by atoms with Crippen molar-refractivity contribution in [3.05, 3.63) is 64.2 Å². The number of amidine groups is 1. The Morgan fingerprint density at radius 2 is 1.95 bits per heavy atom. The number of benzene rings is 2. The zero-order valence-corrected chi connectivity index (χ0v) is 12.8. The molecule has 0 aliphatic carbocycles. The van der Waals surface area contributed by atoms with Gasteiger partial charge >= 0.3 is 0 Å². The van der Waals surface area contributed by atoms with E-state index in [1.54, 1.807) is 6.07 Å². The van der Waals surface area contributed by atoms with Crippen molar-refractivity contribution in [2.75, 3.05) is 11.9 Å². The number of oxime groups is 1. The molecule has 0 saturated heterocycles. The van der Waals surface area contributed by atoms with Gasteiger partial charge in [0, 0.05) is 19.3 Å². The average molecular weight is 304 g/mol. The van der Waals surface area contributed by atoms with Gasteiger partial charge in [-0.3, -0.25) is 0 Å². The molecular weight excluding hydrogens is 286 g/mol. The monoisotopic (exact) mass is 303 g/mol. The number of rotatable bonds is 4. The van der Waals surface area contributed by atoms with Gasteiger partial charge in [0.15, 0.2) is 5.84 Å². The fourth-order valence-electron chi connectivity index (χ4n) is 2.26. The summed E-state index contributed by atoms with van der Waals surface area (Å²) in [6.45, 7) is 2.78. The lowest BCUT2D eigenvalue weighted by molar-refractivity contribution is 0.318. The lowest BCUT2D eigenvalue weighted by Crippen LogP contribution is -2.23. The molecule has 0 heterocycles. The Hall–Kier alpha value is -2.20. The van der Waals surface area contributed by atoms with E-state index in [2.05, 4.69) is 24.2 Å². The average Bonchev–Trinajstić information content (AvgIpc) is 2.48.